The molecule has 1 aromatic heterocycles. The molecule has 0 bridgehead atoms. The lowest BCUT2D eigenvalue weighted by Gasteiger charge is -2.17. The molecule has 166 valence electrons. The van der Waals surface area contributed by atoms with Gasteiger partial charge in [-0.1, -0.05) is 60.7 Å². The molecule has 0 radical (unpaired) electrons. The standard InChI is InChI=1S/C26H23N3O4/c1-29-23-13-7-6-12-21(23)27-24(29)14-22(25(30)31)28-26(32)33-15-20-18-10-4-2-8-16(18)17-9-3-5-11-19(17)20/h2-13,20,22H,14-15H2,1H3,(H,28,32)(H,30,31)/t22-/m0/s1. The predicted octanol–water partition coefficient (Wildman–Crippen LogP) is 4.11. The van der Waals surface area contributed by atoms with Gasteiger partial charge in [-0.05, 0) is 34.4 Å². The number of aromatic nitrogens is 2. The molecule has 0 saturated heterocycles. The van der Waals surface area contributed by atoms with Gasteiger partial charge in [0.15, 0.2) is 0 Å². The summed E-state index contributed by atoms with van der Waals surface area (Å²) < 4.78 is 7.34. The first-order chi connectivity index (χ1) is 16.0. The number of ether oxygens (including phenoxy) is 1. The number of benzene rings is 3. The maximum absolute atomic E-state index is 12.6. The molecule has 1 aliphatic carbocycles. The van der Waals surface area contributed by atoms with Crippen LogP contribution < -0.4 is 5.32 Å². The Morgan fingerprint density at radius 3 is 2.24 bits per heavy atom. The number of carboxylic acid groups (broad SMARTS) is 1. The molecule has 1 heterocycles. The first kappa shape index (κ1) is 20.8. The topological polar surface area (TPSA) is 93.5 Å². The molecule has 0 saturated carbocycles. The largest absolute Gasteiger partial charge is 0.480 e. The van der Waals surface area contributed by atoms with Gasteiger partial charge in [-0.2, -0.15) is 0 Å². The molecule has 33 heavy (non-hydrogen) atoms. The number of carbonyl (C=O) groups excluding carboxylic acids is 1. The van der Waals surface area contributed by atoms with Gasteiger partial charge in [0.05, 0.1) is 11.0 Å². The fourth-order valence-electron chi connectivity index (χ4n) is 4.54. The second-order valence-electron chi connectivity index (χ2n) is 8.14. The van der Waals surface area contributed by atoms with Crippen LogP contribution in [0.3, 0.4) is 0 Å². The van der Waals surface area contributed by atoms with E-state index in [4.69, 9.17) is 4.74 Å². The van der Waals surface area contributed by atoms with E-state index in [9.17, 15) is 14.7 Å². The number of amides is 1. The molecule has 7 nitrogen and oxygen atoms in total. The van der Waals surface area contributed by atoms with E-state index in [1.54, 1.807) is 0 Å². The van der Waals surface area contributed by atoms with Crippen LogP contribution in [0, 0.1) is 0 Å². The van der Waals surface area contributed by atoms with Crippen LogP contribution >= 0.6 is 0 Å². The third-order valence-electron chi connectivity index (χ3n) is 6.20. The van der Waals surface area contributed by atoms with E-state index >= 15 is 0 Å². The fraction of sp³-hybridized carbons (Fsp3) is 0.192. The number of alkyl carbamates (subject to hydrolysis) is 1. The molecule has 7 heteroatoms. The smallest absolute Gasteiger partial charge is 0.407 e. The predicted molar refractivity (Wildman–Crippen MR) is 124 cm³/mol. The third-order valence-corrected chi connectivity index (χ3v) is 6.20. The van der Waals surface area contributed by atoms with Crippen molar-refractivity contribution < 1.29 is 19.4 Å². The fourth-order valence-corrected chi connectivity index (χ4v) is 4.54. The van der Waals surface area contributed by atoms with Gasteiger partial charge >= 0.3 is 12.1 Å². The van der Waals surface area contributed by atoms with E-state index in [1.807, 2.05) is 72.3 Å². The Morgan fingerprint density at radius 1 is 1.00 bits per heavy atom. The van der Waals surface area contributed by atoms with Gasteiger partial charge < -0.3 is 19.7 Å². The average Bonchev–Trinajstić information content (AvgIpc) is 3.32. The minimum absolute atomic E-state index is 0.0463. The first-order valence-electron chi connectivity index (χ1n) is 10.8. The molecule has 1 aliphatic rings. The summed E-state index contributed by atoms with van der Waals surface area (Å²) >= 11 is 0. The van der Waals surface area contributed by atoms with Crippen molar-refractivity contribution in [1.82, 2.24) is 14.9 Å². The number of imidazole rings is 1. The van der Waals surface area contributed by atoms with Crippen LogP contribution in [0.4, 0.5) is 4.79 Å². The number of hydrogen-bond donors (Lipinski definition) is 2. The molecule has 1 atom stereocenters. The van der Waals surface area contributed by atoms with Crippen molar-refractivity contribution in [1.29, 1.82) is 0 Å². The molecule has 2 N–H and O–H groups in total. The zero-order valence-electron chi connectivity index (χ0n) is 18.1. The second-order valence-corrected chi connectivity index (χ2v) is 8.14. The lowest BCUT2D eigenvalue weighted by atomic mass is 9.98. The van der Waals surface area contributed by atoms with Crippen LogP contribution in [0.25, 0.3) is 22.2 Å². The maximum atomic E-state index is 12.6. The maximum Gasteiger partial charge on any atom is 0.407 e. The Balaban J connectivity index is 1.29. The zero-order chi connectivity index (χ0) is 22.9. The molecule has 0 fully saturated rings. The zero-order valence-corrected chi connectivity index (χ0v) is 18.1. The lowest BCUT2D eigenvalue weighted by Crippen LogP contribution is -2.43. The Bertz CT molecular complexity index is 1320. The number of carbonyl (C=O) groups is 2. The van der Waals surface area contributed by atoms with Gasteiger partial charge in [0.2, 0.25) is 0 Å². The second kappa shape index (κ2) is 8.43. The number of hydrogen-bond acceptors (Lipinski definition) is 4. The van der Waals surface area contributed by atoms with Crippen LogP contribution in [0.5, 0.6) is 0 Å². The van der Waals surface area contributed by atoms with E-state index in [0.717, 1.165) is 33.3 Å². The van der Waals surface area contributed by atoms with E-state index in [2.05, 4.69) is 22.4 Å². The number of nitrogens with zero attached hydrogens (tertiary/aromatic N) is 2. The van der Waals surface area contributed by atoms with Crippen LogP contribution in [-0.2, 0) is 23.0 Å². The monoisotopic (exact) mass is 441 g/mol. The Hall–Kier alpha value is -4.13. The molecule has 3 aromatic carbocycles. The van der Waals surface area contributed by atoms with Crippen LogP contribution in [0.1, 0.15) is 22.9 Å². The normalized spacial score (nSPS) is 13.4. The number of aryl methyl sites for hydroxylation is 1. The summed E-state index contributed by atoms with van der Waals surface area (Å²) in [6.07, 6.45) is -0.715. The van der Waals surface area contributed by atoms with Crippen LogP contribution in [0.2, 0.25) is 0 Å². The highest BCUT2D eigenvalue weighted by molar-refractivity contribution is 5.82. The van der Waals surface area contributed by atoms with Crippen molar-refractivity contribution in [2.45, 2.75) is 18.4 Å². The SMILES string of the molecule is Cn1c(C[C@H](NC(=O)OCC2c3ccccc3-c3ccccc32)C(=O)O)nc2ccccc21. The van der Waals surface area contributed by atoms with Crippen molar-refractivity contribution in [2.24, 2.45) is 7.05 Å². The highest BCUT2D eigenvalue weighted by Crippen LogP contribution is 2.44. The van der Waals surface area contributed by atoms with Gasteiger partial charge in [0, 0.05) is 19.4 Å². The first-order valence-corrected chi connectivity index (χ1v) is 10.8. The van der Waals surface area contributed by atoms with E-state index in [-0.39, 0.29) is 18.9 Å². The molecule has 1 amide bonds. The molecule has 0 unspecified atom stereocenters. The molecule has 5 rings (SSSR count). The quantitative estimate of drug-likeness (QED) is 0.470. The van der Waals surface area contributed by atoms with Crippen molar-refractivity contribution >= 4 is 23.1 Å². The number of fused-ring (bicyclic) bond motifs is 4. The Kier molecular flexibility index (Phi) is 5.30. The number of carboxylic acids is 1. The lowest BCUT2D eigenvalue weighted by molar-refractivity contribution is -0.139. The third kappa shape index (κ3) is 3.82. The van der Waals surface area contributed by atoms with Gasteiger partial charge in [-0.15, -0.1) is 0 Å². The van der Waals surface area contributed by atoms with Crippen molar-refractivity contribution in [3.8, 4) is 11.1 Å². The van der Waals surface area contributed by atoms with Gasteiger partial charge in [-0.25, -0.2) is 14.6 Å². The van der Waals surface area contributed by atoms with Crippen LogP contribution in [0.15, 0.2) is 72.8 Å². The summed E-state index contributed by atoms with van der Waals surface area (Å²) in [4.78, 5) is 28.9. The van der Waals surface area contributed by atoms with Crippen LogP contribution in [-0.4, -0.2) is 39.4 Å². The summed E-state index contributed by atoms with van der Waals surface area (Å²) in [5, 5.41) is 12.2. The van der Waals surface area contributed by atoms with Crippen molar-refractivity contribution in [3.05, 3.63) is 89.7 Å². The summed E-state index contributed by atoms with van der Waals surface area (Å²) in [6, 6.07) is 22.5. The molecular weight excluding hydrogens is 418 g/mol. The van der Waals surface area contributed by atoms with E-state index in [0.29, 0.717) is 5.82 Å². The van der Waals surface area contributed by atoms with Crippen molar-refractivity contribution in [2.75, 3.05) is 6.61 Å². The highest BCUT2D eigenvalue weighted by atomic mass is 16.5. The molecule has 0 aliphatic heterocycles. The molecule has 4 aromatic rings. The Morgan fingerprint density at radius 2 is 1.61 bits per heavy atom. The van der Waals surface area contributed by atoms with Gasteiger partial charge in [0.25, 0.3) is 0 Å². The molecule has 0 spiro atoms. The number of nitrogens with one attached hydrogen (secondary N) is 1. The van der Waals surface area contributed by atoms with Crippen molar-refractivity contribution in [3.63, 3.8) is 0 Å². The number of aliphatic carboxylic acids is 1. The van der Waals surface area contributed by atoms with Gasteiger partial charge in [-0.3, -0.25) is 0 Å². The number of para-hydroxylation sites is 2. The molecular formula is C26H23N3O4. The van der Waals surface area contributed by atoms with E-state index in [1.165, 1.54) is 0 Å². The van der Waals surface area contributed by atoms with Gasteiger partial charge in [0.1, 0.15) is 18.5 Å². The van der Waals surface area contributed by atoms with E-state index < -0.39 is 18.1 Å². The average molecular weight is 441 g/mol. The minimum Gasteiger partial charge on any atom is -0.480 e. The summed E-state index contributed by atoms with van der Waals surface area (Å²) in [7, 11) is 1.83. The Labute approximate surface area is 190 Å². The number of rotatable bonds is 6. The summed E-state index contributed by atoms with van der Waals surface area (Å²) in [5.74, 6) is -0.663. The summed E-state index contributed by atoms with van der Waals surface area (Å²) in [6.45, 7) is 0.124. The summed E-state index contributed by atoms with van der Waals surface area (Å²) in [5.41, 5.74) is 6.14. The minimum atomic E-state index is -1.16. The highest BCUT2D eigenvalue weighted by Gasteiger charge is 2.30.